The summed E-state index contributed by atoms with van der Waals surface area (Å²) in [4.78, 5) is 23.2. The molecule has 31 heavy (non-hydrogen) atoms. The number of carbonyl (C=O) groups is 2. The molecule has 2 aromatic rings. The summed E-state index contributed by atoms with van der Waals surface area (Å²) < 4.78 is 50.2. The van der Waals surface area contributed by atoms with Crippen molar-refractivity contribution >= 4 is 31.5 Å². The normalized spacial score (nSPS) is 12.4. The van der Waals surface area contributed by atoms with E-state index < -0.39 is 36.8 Å². The zero-order valence-corrected chi connectivity index (χ0v) is 20.1. The molecule has 0 aliphatic rings. The number of rotatable bonds is 6. The smallest absolute Gasteiger partial charge is 0.418 e. The van der Waals surface area contributed by atoms with E-state index in [-0.39, 0.29) is 16.5 Å². The van der Waals surface area contributed by atoms with Crippen LogP contribution in [0.2, 0.25) is 18.1 Å². The van der Waals surface area contributed by atoms with Crippen LogP contribution in [0.1, 0.15) is 51.2 Å². The van der Waals surface area contributed by atoms with Gasteiger partial charge in [0.25, 0.3) is 5.91 Å². The maximum atomic E-state index is 13.2. The predicted octanol–water partition coefficient (Wildman–Crippen LogP) is 5.87. The highest BCUT2D eigenvalue weighted by molar-refractivity contribution is 7.16. The van der Waals surface area contributed by atoms with E-state index in [9.17, 15) is 22.8 Å². The molecule has 0 aliphatic heterocycles. The number of thiophene rings is 1. The first-order chi connectivity index (χ1) is 14.2. The summed E-state index contributed by atoms with van der Waals surface area (Å²) in [6.07, 6.45) is -4.77. The van der Waals surface area contributed by atoms with E-state index in [2.05, 4.69) is 43.9 Å². The van der Waals surface area contributed by atoms with Crippen molar-refractivity contribution in [3.05, 3.63) is 51.2 Å². The summed E-state index contributed by atoms with van der Waals surface area (Å²) in [5, 5.41) is 2.61. The van der Waals surface area contributed by atoms with E-state index in [4.69, 9.17) is 4.43 Å². The van der Waals surface area contributed by atoms with E-state index in [0.29, 0.717) is 23.2 Å². The van der Waals surface area contributed by atoms with Gasteiger partial charge in [-0.05, 0) is 41.9 Å². The van der Waals surface area contributed by atoms with Gasteiger partial charge < -0.3 is 14.5 Å². The van der Waals surface area contributed by atoms with Crippen molar-refractivity contribution in [2.45, 2.75) is 51.6 Å². The molecule has 1 heterocycles. The van der Waals surface area contributed by atoms with E-state index >= 15 is 0 Å². The third-order valence-electron chi connectivity index (χ3n) is 5.16. The Morgan fingerprint density at radius 1 is 1.13 bits per heavy atom. The molecule has 1 amide bonds. The second kappa shape index (κ2) is 9.03. The molecule has 0 spiro atoms. The lowest BCUT2D eigenvalue weighted by Gasteiger charge is -2.36. The molecule has 0 atom stereocenters. The SMILES string of the molecule is COC(=O)c1sc(C(=O)NCc2cccc(O[Si](C)(C)C(C)(C)C)c2)cc1C(F)(F)F. The second-order valence-electron chi connectivity index (χ2n) is 8.54. The molecule has 1 aromatic carbocycles. The molecular weight excluding hydrogens is 447 g/mol. The molecule has 0 saturated heterocycles. The number of halogens is 3. The fraction of sp³-hybridized carbons (Fsp3) is 0.429. The van der Waals surface area contributed by atoms with Crippen LogP contribution in [0.4, 0.5) is 13.2 Å². The third-order valence-corrected chi connectivity index (χ3v) is 10.6. The lowest BCUT2D eigenvalue weighted by molar-refractivity contribution is -0.137. The van der Waals surface area contributed by atoms with Gasteiger partial charge in [0.15, 0.2) is 0 Å². The van der Waals surface area contributed by atoms with Crippen molar-refractivity contribution in [3.63, 3.8) is 0 Å². The zero-order valence-electron chi connectivity index (χ0n) is 18.3. The Morgan fingerprint density at radius 2 is 1.77 bits per heavy atom. The summed E-state index contributed by atoms with van der Waals surface area (Å²) in [6.45, 7) is 10.7. The number of benzene rings is 1. The topological polar surface area (TPSA) is 64.6 Å². The van der Waals surface area contributed by atoms with Gasteiger partial charge in [-0.25, -0.2) is 4.79 Å². The van der Waals surface area contributed by atoms with Crippen LogP contribution in [0.3, 0.4) is 0 Å². The Kier molecular flexibility index (Phi) is 7.27. The predicted molar refractivity (Wildman–Crippen MR) is 116 cm³/mol. The molecule has 0 bridgehead atoms. The van der Waals surface area contributed by atoms with Crippen LogP contribution in [-0.2, 0) is 17.5 Å². The van der Waals surface area contributed by atoms with Crippen molar-refractivity contribution in [2.24, 2.45) is 0 Å². The molecule has 0 saturated carbocycles. The van der Waals surface area contributed by atoms with Gasteiger partial charge in [0.1, 0.15) is 10.6 Å². The van der Waals surface area contributed by atoms with Crippen molar-refractivity contribution < 1.29 is 31.9 Å². The lowest BCUT2D eigenvalue weighted by Crippen LogP contribution is -2.43. The number of esters is 1. The average molecular weight is 474 g/mol. The number of amides is 1. The van der Waals surface area contributed by atoms with Crippen LogP contribution in [0.5, 0.6) is 5.75 Å². The Morgan fingerprint density at radius 3 is 2.32 bits per heavy atom. The minimum Gasteiger partial charge on any atom is -0.543 e. The highest BCUT2D eigenvalue weighted by Crippen LogP contribution is 2.38. The van der Waals surface area contributed by atoms with Crippen LogP contribution in [0.25, 0.3) is 0 Å². The molecule has 1 aromatic heterocycles. The highest BCUT2D eigenvalue weighted by atomic mass is 32.1. The first kappa shape index (κ1) is 24.9. The van der Waals surface area contributed by atoms with Crippen LogP contribution in [0, 0.1) is 0 Å². The van der Waals surface area contributed by atoms with Crippen molar-refractivity contribution in [1.82, 2.24) is 5.32 Å². The van der Waals surface area contributed by atoms with Crippen molar-refractivity contribution in [1.29, 1.82) is 0 Å². The Hall–Kier alpha value is -2.33. The summed E-state index contributed by atoms with van der Waals surface area (Å²) in [5.74, 6) is -1.16. The second-order valence-corrected chi connectivity index (χ2v) is 14.3. The number of hydrogen-bond acceptors (Lipinski definition) is 5. The van der Waals surface area contributed by atoms with Gasteiger partial charge in [0, 0.05) is 6.54 Å². The average Bonchev–Trinajstić information content (AvgIpc) is 3.10. The van der Waals surface area contributed by atoms with Crippen molar-refractivity contribution in [2.75, 3.05) is 7.11 Å². The lowest BCUT2D eigenvalue weighted by atomic mass is 10.2. The molecule has 1 N–H and O–H groups in total. The summed E-state index contributed by atoms with van der Waals surface area (Å²) in [7, 11) is -1.05. The van der Waals surface area contributed by atoms with Crippen LogP contribution in [-0.4, -0.2) is 27.3 Å². The molecule has 10 heteroatoms. The van der Waals surface area contributed by atoms with E-state index in [1.165, 1.54) is 0 Å². The number of carbonyl (C=O) groups excluding carboxylic acids is 2. The minimum absolute atomic E-state index is 0.0178. The van der Waals surface area contributed by atoms with Gasteiger partial charge in [-0.3, -0.25) is 4.79 Å². The quantitative estimate of drug-likeness (QED) is 0.421. The molecule has 0 aliphatic carbocycles. The molecular formula is C21H26F3NO4SSi. The number of ether oxygens (including phenoxy) is 1. The maximum absolute atomic E-state index is 13.2. The number of alkyl halides is 3. The first-order valence-corrected chi connectivity index (χ1v) is 13.2. The monoisotopic (exact) mass is 473 g/mol. The summed E-state index contributed by atoms with van der Waals surface area (Å²) >= 11 is 0.450. The number of hydrogen-bond donors (Lipinski definition) is 1. The van der Waals surface area contributed by atoms with Gasteiger partial charge in [-0.2, -0.15) is 13.2 Å². The Labute approximate surface area is 184 Å². The summed E-state index contributed by atoms with van der Waals surface area (Å²) in [6, 6.07) is 7.89. The van der Waals surface area contributed by atoms with E-state index in [1.807, 2.05) is 6.07 Å². The van der Waals surface area contributed by atoms with E-state index in [0.717, 1.165) is 12.7 Å². The van der Waals surface area contributed by atoms with Gasteiger partial charge >= 0.3 is 12.1 Å². The van der Waals surface area contributed by atoms with E-state index in [1.54, 1.807) is 18.2 Å². The zero-order chi connectivity index (χ0) is 23.6. The van der Waals surface area contributed by atoms with Crippen LogP contribution < -0.4 is 9.74 Å². The molecule has 2 rings (SSSR count). The van der Waals surface area contributed by atoms with Crippen molar-refractivity contribution in [3.8, 4) is 5.75 Å². The molecule has 0 radical (unpaired) electrons. The molecule has 170 valence electrons. The van der Waals surface area contributed by atoms with Gasteiger partial charge in [-0.1, -0.05) is 32.9 Å². The van der Waals surface area contributed by atoms with Crippen LogP contribution in [0.15, 0.2) is 30.3 Å². The Balaban J connectivity index is 2.15. The van der Waals surface area contributed by atoms with Gasteiger partial charge in [0.2, 0.25) is 8.32 Å². The maximum Gasteiger partial charge on any atom is 0.418 e. The van der Waals surface area contributed by atoms with Crippen LogP contribution >= 0.6 is 11.3 Å². The summed E-state index contributed by atoms with van der Waals surface area (Å²) in [5.41, 5.74) is -0.440. The fourth-order valence-corrected chi connectivity index (χ4v) is 4.43. The first-order valence-electron chi connectivity index (χ1n) is 9.51. The Bertz CT molecular complexity index is 964. The number of nitrogens with one attached hydrogen (secondary N) is 1. The molecule has 0 unspecified atom stereocenters. The number of methoxy groups -OCH3 is 1. The highest BCUT2D eigenvalue weighted by Gasteiger charge is 2.39. The fourth-order valence-electron chi connectivity index (χ4n) is 2.39. The van der Waals surface area contributed by atoms with Gasteiger partial charge in [0.05, 0.1) is 17.6 Å². The van der Waals surface area contributed by atoms with Gasteiger partial charge in [-0.15, -0.1) is 11.3 Å². The minimum atomic E-state index is -4.77. The molecule has 5 nitrogen and oxygen atoms in total. The standard InChI is InChI=1S/C21H26F3NO4SSi/c1-20(2,3)31(5,6)29-14-9-7-8-13(10-14)12-25-18(26)16-11-15(21(22,23)24)17(30-16)19(27)28-4/h7-11H,12H2,1-6H3,(H,25,26). The molecule has 0 fully saturated rings. The largest absolute Gasteiger partial charge is 0.543 e. The third kappa shape index (κ3) is 6.10.